The minimum absolute atomic E-state index is 0.0223. The maximum absolute atomic E-state index is 8.81. The van der Waals surface area contributed by atoms with Gasteiger partial charge < -0.3 is 15.2 Å². The Kier molecular flexibility index (Phi) is 3.40. The third-order valence-corrected chi connectivity index (χ3v) is 1.82. The molecule has 0 atom stereocenters. The van der Waals surface area contributed by atoms with Gasteiger partial charge in [0.05, 0.1) is 24.5 Å². The number of rotatable bonds is 3. The van der Waals surface area contributed by atoms with E-state index < -0.39 is 0 Å². The van der Waals surface area contributed by atoms with Gasteiger partial charge in [0.25, 0.3) is 0 Å². The van der Waals surface area contributed by atoms with Crippen molar-refractivity contribution in [2.75, 3.05) is 12.8 Å². The summed E-state index contributed by atoms with van der Waals surface area (Å²) in [6, 6.07) is 5.18. The van der Waals surface area contributed by atoms with Crippen molar-refractivity contribution in [1.29, 1.82) is 5.26 Å². The average molecular weight is 206 g/mol. The van der Waals surface area contributed by atoms with E-state index in [1.165, 1.54) is 7.11 Å². The molecule has 0 fully saturated rings. The van der Waals surface area contributed by atoms with Crippen LogP contribution in [-0.2, 0) is 0 Å². The number of hydrogen-bond donors (Lipinski definition) is 1. The van der Waals surface area contributed by atoms with Gasteiger partial charge in [-0.1, -0.05) is 0 Å². The lowest BCUT2D eigenvalue weighted by Gasteiger charge is -2.14. The predicted molar refractivity (Wildman–Crippen MR) is 57.9 cm³/mol. The van der Waals surface area contributed by atoms with E-state index in [4.69, 9.17) is 20.5 Å². The number of anilines is 1. The molecule has 4 heteroatoms. The molecule has 15 heavy (non-hydrogen) atoms. The molecule has 0 aliphatic heterocycles. The summed E-state index contributed by atoms with van der Waals surface area (Å²) >= 11 is 0. The number of ether oxygens (including phenoxy) is 2. The molecule has 2 N–H and O–H groups in total. The van der Waals surface area contributed by atoms with E-state index in [0.29, 0.717) is 22.7 Å². The number of nitriles is 1. The van der Waals surface area contributed by atoms with Crippen LogP contribution in [-0.4, -0.2) is 13.2 Å². The van der Waals surface area contributed by atoms with Crippen LogP contribution in [0.3, 0.4) is 0 Å². The number of nitrogens with two attached hydrogens (primary N) is 1. The van der Waals surface area contributed by atoms with Crippen LogP contribution in [0.1, 0.15) is 19.4 Å². The second-order valence-electron chi connectivity index (χ2n) is 3.37. The number of nitrogens with zero attached hydrogens (tertiary/aromatic N) is 1. The molecule has 0 saturated carbocycles. The molecule has 4 nitrogen and oxygen atoms in total. The van der Waals surface area contributed by atoms with E-state index in [1.54, 1.807) is 12.1 Å². The van der Waals surface area contributed by atoms with Gasteiger partial charge in [0.15, 0.2) is 11.5 Å². The first-order valence-electron chi connectivity index (χ1n) is 4.62. The highest BCUT2D eigenvalue weighted by molar-refractivity contribution is 5.62. The Labute approximate surface area is 89.2 Å². The summed E-state index contributed by atoms with van der Waals surface area (Å²) in [4.78, 5) is 0. The van der Waals surface area contributed by atoms with Gasteiger partial charge in [-0.2, -0.15) is 5.26 Å². The zero-order chi connectivity index (χ0) is 11.4. The molecule has 1 aromatic carbocycles. The molecule has 0 radical (unpaired) electrons. The van der Waals surface area contributed by atoms with Crippen LogP contribution in [0, 0.1) is 11.3 Å². The van der Waals surface area contributed by atoms with Crippen LogP contribution in [0.4, 0.5) is 5.69 Å². The average Bonchev–Trinajstić information content (AvgIpc) is 2.19. The lowest BCUT2D eigenvalue weighted by atomic mass is 10.1. The van der Waals surface area contributed by atoms with Crippen LogP contribution >= 0.6 is 0 Å². The smallest absolute Gasteiger partial charge is 0.163 e. The zero-order valence-corrected chi connectivity index (χ0v) is 9.07. The first-order valence-corrected chi connectivity index (χ1v) is 4.62. The summed E-state index contributed by atoms with van der Waals surface area (Å²) in [6.07, 6.45) is 0.0223. The molecule has 0 aliphatic carbocycles. The van der Waals surface area contributed by atoms with Crippen LogP contribution in [0.5, 0.6) is 11.5 Å². The van der Waals surface area contributed by atoms with Crippen molar-refractivity contribution in [3.05, 3.63) is 17.7 Å². The second kappa shape index (κ2) is 4.56. The van der Waals surface area contributed by atoms with Crippen molar-refractivity contribution >= 4 is 5.69 Å². The molecule has 1 aromatic rings. The van der Waals surface area contributed by atoms with Gasteiger partial charge in [-0.05, 0) is 13.8 Å². The van der Waals surface area contributed by atoms with E-state index >= 15 is 0 Å². The Balaban J connectivity index is 3.18. The van der Waals surface area contributed by atoms with Crippen molar-refractivity contribution in [3.63, 3.8) is 0 Å². The van der Waals surface area contributed by atoms with Crippen LogP contribution < -0.4 is 15.2 Å². The van der Waals surface area contributed by atoms with Crippen molar-refractivity contribution in [3.8, 4) is 17.6 Å². The molecule has 0 heterocycles. The highest BCUT2D eigenvalue weighted by Gasteiger charge is 2.10. The van der Waals surface area contributed by atoms with Crippen molar-refractivity contribution in [2.45, 2.75) is 20.0 Å². The van der Waals surface area contributed by atoms with Crippen molar-refractivity contribution in [1.82, 2.24) is 0 Å². The molecule has 0 aliphatic rings. The molecule has 0 aromatic heterocycles. The fourth-order valence-electron chi connectivity index (χ4n) is 1.18. The molecule has 0 unspecified atom stereocenters. The topological polar surface area (TPSA) is 68.3 Å². The Bertz CT molecular complexity index is 394. The fourth-order valence-corrected chi connectivity index (χ4v) is 1.18. The molecule has 0 saturated heterocycles. The molecule has 0 amide bonds. The number of benzene rings is 1. The molecular formula is C11H14N2O2. The molecule has 0 spiro atoms. The molecular weight excluding hydrogens is 192 g/mol. The van der Waals surface area contributed by atoms with Gasteiger partial charge in [-0.3, -0.25) is 0 Å². The lowest BCUT2D eigenvalue weighted by Crippen LogP contribution is -2.07. The minimum Gasteiger partial charge on any atom is -0.493 e. The van der Waals surface area contributed by atoms with E-state index in [1.807, 2.05) is 19.9 Å². The summed E-state index contributed by atoms with van der Waals surface area (Å²) in [5, 5.41) is 8.81. The Morgan fingerprint density at radius 2 is 2.00 bits per heavy atom. The van der Waals surface area contributed by atoms with Crippen LogP contribution in [0.2, 0.25) is 0 Å². The van der Waals surface area contributed by atoms with E-state index in [0.717, 1.165) is 0 Å². The third-order valence-electron chi connectivity index (χ3n) is 1.82. The summed E-state index contributed by atoms with van der Waals surface area (Å²) in [5.41, 5.74) is 6.44. The molecule has 0 bridgehead atoms. The van der Waals surface area contributed by atoms with E-state index in [2.05, 4.69) is 0 Å². The number of nitrogen functional groups attached to an aromatic ring is 1. The van der Waals surface area contributed by atoms with Gasteiger partial charge >= 0.3 is 0 Å². The summed E-state index contributed by atoms with van der Waals surface area (Å²) in [6.45, 7) is 3.81. The fraction of sp³-hybridized carbons (Fsp3) is 0.364. The number of methoxy groups -OCH3 is 1. The summed E-state index contributed by atoms with van der Waals surface area (Å²) in [7, 11) is 1.54. The normalized spacial score (nSPS) is 9.80. The highest BCUT2D eigenvalue weighted by atomic mass is 16.5. The Morgan fingerprint density at radius 3 is 2.47 bits per heavy atom. The SMILES string of the molecule is COc1cc(N)c(C#N)cc1OC(C)C. The third kappa shape index (κ3) is 2.53. The maximum Gasteiger partial charge on any atom is 0.163 e. The van der Waals surface area contributed by atoms with Crippen LogP contribution in [0.25, 0.3) is 0 Å². The second-order valence-corrected chi connectivity index (χ2v) is 3.37. The van der Waals surface area contributed by atoms with E-state index in [9.17, 15) is 0 Å². The van der Waals surface area contributed by atoms with Crippen molar-refractivity contribution in [2.24, 2.45) is 0 Å². The van der Waals surface area contributed by atoms with Crippen molar-refractivity contribution < 1.29 is 9.47 Å². The predicted octanol–water partition coefficient (Wildman–Crippen LogP) is 1.94. The number of hydrogen-bond acceptors (Lipinski definition) is 4. The zero-order valence-electron chi connectivity index (χ0n) is 9.07. The summed E-state index contributed by atoms with van der Waals surface area (Å²) < 4.78 is 10.6. The van der Waals surface area contributed by atoms with E-state index in [-0.39, 0.29) is 6.10 Å². The molecule has 80 valence electrons. The van der Waals surface area contributed by atoms with Gasteiger partial charge in [-0.25, -0.2) is 0 Å². The largest absolute Gasteiger partial charge is 0.493 e. The van der Waals surface area contributed by atoms with Gasteiger partial charge in [0.2, 0.25) is 0 Å². The minimum atomic E-state index is 0.0223. The monoisotopic (exact) mass is 206 g/mol. The van der Waals surface area contributed by atoms with Gasteiger partial charge in [0.1, 0.15) is 6.07 Å². The Hall–Kier alpha value is -1.89. The summed E-state index contributed by atoms with van der Waals surface area (Å²) in [5.74, 6) is 1.08. The molecule has 1 rings (SSSR count). The highest BCUT2D eigenvalue weighted by Crippen LogP contribution is 2.32. The first kappa shape index (κ1) is 11.2. The Morgan fingerprint density at radius 1 is 1.33 bits per heavy atom. The maximum atomic E-state index is 8.81. The standard InChI is InChI=1S/C11H14N2O2/c1-7(2)15-11-4-8(6-12)9(13)5-10(11)14-3/h4-5,7H,13H2,1-3H3. The first-order chi connectivity index (χ1) is 7.08. The van der Waals surface area contributed by atoms with Crippen LogP contribution in [0.15, 0.2) is 12.1 Å². The quantitative estimate of drug-likeness (QED) is 0.767. The van der Waals surface area contributed by atoms with Gasteiger partial charge in [-0.15, -0.1) is 0 Å². The lowest BCUT2D eigenvalue weighted by molar-refractivity contribution is 0.230. The van der Waals surface area contributed by atoms with Gasteiger partial charge in [0, 0.05) is 12.1 Å².